The van der Waals surface area contributed by atoms with Gasteiger partial charge in [0, 0.05) is 18.7 Å². The molecule has 5 heteroatoms. The predicted octanol–water partition coefficient (Wildman–Crippen LogP) is 3.87. The van der Waals surface area contributed by atoms with Crippen LogP contribution in [0.15, 0.2) is 48.5 Å². The molecular formula is C21H25N3O2. The Morgan fingerprint density at radius 1 is 1.23 bits per heavy atom. The number of aryl methyl sites for hydroxylation is 1. The molecule has 0 saturated heterocycles. The van der Waals surface area contributed by atoms with Gasteiger partial charge in [-0.25, -0.2) is 4.98 Å². The molecule has 0 aliphatic rings. The van der Waals surface area contributed by atoms with Crippen LogP contribution < -0.4 is 5.32 Å². The minimum Gasteiger partial charge on any atom is -0.380 e. The lowest BCUT2D eigenvalue weighted by Gasteiger charge is -2.16. The fraction of sp³-hybridized carbons (Fsp3) is 0.333. The molecule has 1 unspecified atom stereocenters. The first-order valence-corrected chi connectivity index (χ1v) is 9.00. The van der Waals surface area contributed by atoms with Crippen molar-refractivity contribution in [1.82, 2.24) is 14.9 Å². The first-order chi connectivity index (χ1) is 12.6. The highest BCUT2D eigenvalue weighted by atomic mass is 16.5. The number of benzene rings is 2. The van der Waals surface area contributed by atoms with Crippen molar-refractivity contribution in [2.75, 3.05) is 13.2 Å². The Labute approximate surface area is 154 Å². The SMILES string of the molecule is CCOCCn1c(C(C)NC(=O)c2cccc(C)c2)nc2ccccc21. The van der Waals surface area contributed by atoms with Gasteiger partial charge in [-0.3, -0.25) is 4.79 Å². The van der Waals surface area contributed by atoms with E-state index in [0.717, 1.165) is 22.4 Å². The van der Waals surface area contributed by atoms with Crippen LogP contribution in [0.25, 0.3) is 11.0 Å². The van der Waals surface area contributed by atoms with Gasteiger partial charge in [0.25, 0.3) is 5.91 Å². The van der Waals surface area contributed by atoms with Crippen LogP contribution >= 0.6 is 0 Å². The summed E-state index contributed by atoms with van der Waals surface area (Å²) < 4.78 is 7.65. The lowest BCUT2D eigenvalue weighted by Crippen LogP contribution is -2.29. The second-order valence-corrected chi connectivity index (χ2v) is 6.37. The van der Waals surface area contributed by atoms with Crippen LogP contribution in [-0.2, 0) is 11.3 Å². The van der Waals surface area contributed by atoms with Crippen LogP contribution in [0, 0.1) is 6.92 Å². The molecule has 0 radical (unpaired) electrons. The van der Waals surface area contributed by atoms with Crippen molar-refractivity contribution >= 4 is 16.9 Å². The van der Waals surface area contributed by atoms with E-state index >= 15 is 0 Å². The molecule has 0 bridgehead atoms. The number of ether oxygens (including phenoxy) is 1. The van der Waals surface area contributed by atoms with Crippen molar-refractivity contribution in [3.8, 4) is 0 Å². The number of para-hydroxylation sites is 2. The highest BCUT2D eigenvalue weighted by molar-refractivity contribution is 5.94. The molecule has 26 heavy (non-hydrogen) atoms. The molecule has 0 spiro atoms. The molecular weight excluding hydrogens is 326 g/mol. The van der Waals surface area contributed by atoms with Crippen molar-refractivity contribution in [1.29, 1.82) is 0 Å². The van der Waals surface area contributed by atoms with E-state index in [-0.39, 0.29) is 11.9 Å². The normalized spacial score (nSPS) is 12.3. The molecule has 136 valence electrons. The van der Waals surface area contributed by atoms with Crippen molar-refractivity contribution in [3.63, 3.8) is 0 Å². The van der Waals surface area contributed by atoms with E-state index in [1.807, 2.05) is 69.3 Å². The minimum absolute atomic E-state index is 0.0929. The summed E-state index contributed by atoms with van der Waals surface area (Å²) in [7, 11) is 0. The van der Waals surface area contributed by atoms with Crippen LogP contribution in [-0.4, -0.2) is 28.7 Å². The third-order valence-electron chi connectivity index (χ3n) is 4.36. The first-order valence-electron chi connectivity index (χ1n) is 9.00. The number of carbonyl (C=O) groups excluding carboxylic acids is 1. The van der Waals surface area contributed by atoms with Crippen LogP contribution in [0.4, 0.5) is 0 Å². The summed E-state index contributed by atoms with van der Waals surface area (Å²) in [5.41, 5.74) is 3.71. The maximum atomic E-state index is 12.6. The monoisotopic (exact) mass is 351 g/mol. The molecule has 1 heterocycles. The van der Waals surface area contributed by atoms with E-state index < -0.39 is 0 Å². The highest BCUT2D eigenvalue weighted by Gasteiger charge is 2.19. The van der Waals surface area contributed by atoms with Gasteiger partial charge in [0.05, 0.1) is 23.7 Å². The number of nitrogens with one attached hydrogen (secondary N) is 1. The average molecular weight is 351 g/mol. The Hall–Kier alpha value is -2.66. The Balaban J connectivity index is 1.85. The maximum absolute atomic E-state index is 12.6. The summed E-state index contributed by atoms with van der Waals surface area (Å²) in [6.07, 6.45) is 0. The molecule has 3 aromatic rings. The van der Waals surface area contributed by atoms with E-state index in [9.17, 15) is 4.79 Å². The van der Waals surface area contributed by atoms with Gasteiger partial charge in [-0.15, -0.1) is 0 Å². The Morgan fingerprint density at radius 2 is 2.04 bits per heavy atom. The second-order valence-electron chi connectivity index (χ2n) is 6.37. The van der Waals surface area contributed by atoms with Gasteiger partial charge in [-0.1, -0.05) is 29.8 Å². The molecule has 1 amide bonds. The van der Waals surface area contributed by atoms with Gasteiger partial charge >= 0.3 is 0 Å². The minimum atomic E-state index is -0.211. The van der Waals surface area contributed by atoms with E-state index in [1.165, 1.54) is 0 Å². The van der Waals surface area contributed by atoms with Crippen molar-refractivity contribution in [2.24, 2.45) is 0 Å². The van der Waals surface area contributed by atoms with Gasteiger partial charge in [0.2, 0.25) is 0 Å². The zero-order valence-electron chi connectivity index (χ0n) is 15.5. The van der Waals surface area contributed by atoms with E-state index in [4.69, 9.17) is 9.72 Å². The largest absolute Gasteiger partial charge is 0.380 e. The third-order valence-corrected chi connectivity index (χ3v) is 4.36. The molecule has 3 rings (SSSR count). The number of hydrogen-bond donors (Lipinski definition) is 1. The molecule has 0 aliphatic heterocycles. The van der Waals surface area contributed by atoms with E-state index in [1.54, 1.807) is 0 Å². The Kier molecular flexibility index (Phi) is 5.68. The summed E-state index contributed by atoms with van der Waals surface area (Å²) in [6.45, 7) is 7.93. The van der Waals surface area contributed by atoms with Gasteiger partial charge < -0.3 is 14.6 Å². The smallest absolute Gasteiger partial charge is 0.251 e. The number of nitrogens with zero attached hydrogens (tertiary/aromatic N) is 2. The number of aromatic nitrogens is 2. The zero-order chi connectivity index (χ0) is 18.5. The topological polar surface area (TPSA) is 56.1 Å². The molecule has 0 saturated carbocycles. The van der Waals surface area contributed by atoms with Gasteiger partial charge in [-0.2, -0.15) is 0 Å². The number of rotatable bonds is 7. The molecule has 0 aliphatic carbocycles. The summed E-state index contributed by atoms with van der Waals surface area (Å²) >= 11 is 0. The molecule has 0 fully saturated rings. The standard InChI is InChI=1S/C21H25N3O2/c1-4-26-13-12-24-19-11-6-5-10-18(19)23-20(24)16(3)22-21(25)17-9-7-8-15(2)14-17/h5-11,14,16H,4,12-13H2,1-3H3,(H,22,25). The lowest BCUT2D eigenvalue weighted by molar-refractivity contribution is 0.0937. The molecule has 1 aromatic heterocycles. The van der Waals surface area contributed by atoms with Gasteiger partial charge in [0.1, 0.15) is 5.82 Å². The van der Waals surface area contributed by atoms with Crippen LogP contribution in [0.5, 0.6) is 0 Å². The maximum Gasteiger partial charge on any atom is 0.251 e. The highest BCUT2D eigenvalue weighted by Crippen LogP contribution is 2.21. The summed E-state index contributed by atoms with van der Waals surface area (Å²) in [5, 5.41) is 3.07. The van der Waals surface area contributed by atoms with Crippen molar-refractivity contribution < 1.29 is 9.53 Å². The average Bonchev–Trinajstić information content (AvgIpc) is 3.01. The molecule has 5 nitrogen and oxygen atoms in total. The number of fused-ring (bicyclic) bond motifs is 1. The number of imidazole rings is 1. The summed E-state index contributed by atoms with van der Waals surface area (Å²) in [4.78, 5) is 17.3. The van der Waals surface area contributed by atoms with Crippen LogP contribution in [0.1, 0.15) is 41.6 Å². The summed E-state index contributed by atoms with van der Waals surface area (Å²) in [6, 6.07) is 15.4. The number of hydrogen-bond acceptors (Lipinski definition) is 3. The third kappa shape index (κ3) is 3.94. The quantitative estimate of drug-likeness (QED) is 0.657. The lowest BCUT2D eigenvalue weighted by atomic mass is 10.1. The predicted molar refractivity (Wildman–Crippen MR) is 103 cm³/mol. The Morgan fingerprint density at radius 3 is 2.81 bits per heavy atom. The van der Waals surface area contributed by atoms with Crippen molar-refractivity contribution in [3.05, 3.63) is 65.5 Å². The van der Waals surface area contributed by atoms with Crippen LogP contribution in [0.3, 0.4) is 0 Å². The molecule has 2 aromatic carbocycles. The van der Waals surface area contributed by atoms with Crippen molar-refractivity contribution in [2.45, 2.75) is 33.4 Å². The van der Waals surface area contributed by atoms with E-state index in [2.05, 4.69) is 9.88 Å². The number of amides is 1. The number of carbonyl (C=O) groups is 1. The van der Waals surface area contributed by atoms with Gasteiger partial charge in [0.15, 0.2) is 0 Å². The molecule has 1 N–H and O–H groups in total. The van der Waals surface area contributed by atoms with Crippen LogP contribution in [0.2, 0.25) is 0 Å². The first kappa shape index (κ1) is 18.1. The molecule has 1 atom stereocenters. The second kappa shape index (κ2) is 8.15. The Bertz CT molecular complexity index is 901. The fourth-order valence-electron chi connectivity index (χ4n) is 3.09. The van der Waals surface area contributed by atoms with Gasteiger partial charge in [-0.05, 0) is 45.0 Å². The summed E-state index contributed by atoms with van der Waals surface area (Å²) in [5.74, 6) is 0.747. The zero-order valence-corrected chi connectivity index (χ0v) is 15.5. The fourth-order valence-corrected chi connectivity index (χ4v) is 3.09. The van der Waals surface area contributed by atoms with E-state index in [0.29, 0.717) is 25.3 Å².